The minimum Gasteiger partial charge on any atom is -0.493 e. The van der Waals surface area contributed by atoms with Crippen molar-refractivity contribution in [1.29, 1.82) is 5.26 Å². The van der Waals surface area contributed by atoms with Gasteiger partial charge in [0.15, 0.2) is 11.5 Å². The minimum atomic E-state index is -0.601. The molecule has 0 radical (unpaired) electrons. The van der Waals surface area contributed by atoms with Crippen LogP contribution in [0.3, 0.4) is 0 Å². The molecule has 0 aliphatic carbocycles. The molecule has 0 saturated carbocycles. The number of rotatable bonds is 8. The van der Waals surface area contributed by atoms with Gasteiger partial charge in [0.25, 0.3) is 11.8 Å². The molecule has 0 saturated heterocycles. The van der Waals surface area contributed by atoms with Crippen molar-refractivity contribution in [2.24, 2.45) is 0 Å². The molecule has 210 valence electrons. The van der Waals surface area contributed by atoms with E-state index in [0.717, 1.165) is 27.3 Å². The fourth-order valence-corrected chi connectivity index (χ4v) is 4.91. The molecule has 0 spiro atoms. The Morgan fingerprint density at radius 3 is 2.29 bits per heavy atom. The summed E-state index contributed by atoms with van der Waals surface area (Å²) in [5.41, 5.74) is 5.66. The van der Waals surface area contributed by atoms with Crippen molar-refractivity contribution in [3.63, 3.8) is 0 Å². The summed E-state index contributed by atoms with van der Waals surface area (Å²) in [5, 5.41) is 14.8. The van der Waals surface area contributed by atoms with E-state index < -0.39 is 11.8 Å². The van der Waals surface area contributed by atoms with Gasteiger partial charge in [-0.3, -0.25) is 14.5 Å². The van der Waals surface area contributed by atoms with E-state index in [1.807, 2.05) is 85.9 Å². The normalized spacial score (nSPS) is 14.4. The first-order valence-electron chi connectivity index (χ1n) is 13.5. The van der Waals surface area contributed by atoms with Crippen molar-refractivity contribution in [1.82, 2.24) is 14.7 Å². The monoisotopic (exact) mass is 558 g/mol. The number of aryl methyl sites for hydroxylation is 1. The van der Waals surface area contributed by atoms with Crippen LogP contribution in [0.5, 0.6) is 11.5 Å². The highest BCUT2D eigenvalue weighted by molar-refractivity contribution is 6.19. The second-order valence-corrected chi connectivity index (χ2v) is 9.95. The van der Waals surface area contributed by atoms with Crippen molar-refractivity contribution in [2.45, 2.75) is 20.3 Å². The molecule has 1 aliphatic rings. The zero-order valence-corrected chi connectivity index (χ0v) is 23.9. The maximum Gasteiger partial charge on any atom is 0.271 e. The number of carbonyl (C=O) groups is 2. The maximum atomic E-state index is 13.8. The zero-order valence-electron chi connectivity index (χ0n) is 23.9. The zero-order chi connectivity index (χ0) is 29.8. The number of ether oxygens (including phenoxy) is 2. The minimum absolute atomic E-state index is 0.0551. The van der Waals surface area contributed by atoms with Gasteiger partial charge in [-0.2, -0.15) is 10.4 Å². The lowest BCUT2D eigenvalue weighted by Crippen LogP contribution is -2.43. The molecule has 0 N–H and O–H groups in total. The van der Waals surface area contributed by atoms with Crippen LogP contribution in [0.4, 0.5) is 0 Å². The summed E-state index contributed by atoms with van der Waals surface area (Å²) in [6.45, 7) is 3.75. The van der Waals surface area contributed by atoms with Gasteiger partial charge in [-0.1, -0.05) is 54.1 Å². The fraction of sp³-hybridized carbons (Fsp3) is 0.176. The van der Waals surface area contributed by atoms with Crippen molar-refractivity contribution >= 4 is 17.9 Å². The number of nitrogens with zero attached hydrogens (tertiary/aromatic N) is 4. The predicted octanol–water partition coefficient (Wildman–Crippen LogP) is 5.70. The number of benzene rings is 3. The molecule has 3 aromatic carbocycles. The van der Waals surface area contributed by atoms with E-state index in [0.29, 0.717) is 34.8 Å². The number of hydrogen-bond acceptors (Lipinski definition) is 6. The number of methoxy groups -OCH3 is 2. The quantitative estimate of drug-likeness (QED) is 0.203. The lowest BCUT2D eigenvalue weighted by Gasteiger charge is -2.27. The molecular formula is C34H30N4O4. The molecule has 0 atom stereocenters. The lowest BCUT2D eigenvalue weighted by atomic mass is 9.93. The van der Waals surface area contributed by atoms with E-state index in [1.165, 1.54) is 0 Å². The van der Waals surface area contributed by atoms with Crippen LogP contribution in [0.1, 0.15) is 23.6 Å². The SMILES string of the molecule is COc1ccc(CCN2C(=O)C(C#N)=C(C)/C(=C\c3cn(-c4ccccc4)nc3-c3ccc(C)cc3)C2=O)cc1OC. The summed E-state index contributed by atoms with van der Waals surface area (Å²) in [6, 6.07) is 25.1. The molecule has 8 nitrogen and oxygen atoms in total. The van der Waals surface area contributed by atoms with E-state index in [4.69, 9.17) is 14.6 Å². The standard InChI is InChI=1S/C34H30N4O4/c1-22-10-13-25(14-11-22)32-26(21-38(36-32)27-8-6-5-7-9-27)19-28-23(2)29(20-35)34(40)37(33(28)39)17-16-24-12-15-30(41-3)31(18-24)42-4/h5-15,18-19,21H,16-17H2,1-4H3/b28-19+. The van der Waals surface area contributed by atoms with Gasteiger partial charge in [0.2, 0.25) is 0 Å². The van der Waals surface area contributed by atoms with Crippen molar-refractivity contribution in [3.8, 4) is 34.5 Å². The van der Waals surface area contributed by atoms with E-state index in [9.17, 15) is 14.9 Å². The second kappa shape index (κ2) is 12.0. The van der Waals surface area contributed by atoms with Crippen molar-refractivity contribution < 1.29 is 19.1 Å². The highest BCUT2D eigenvalue weighted by atomic mass is 16.5. The van der Waals surface area contributed by atoms with Crippen molar-refractivity contribution in [3.05, 3.63) is 112 Å². The number of nitriles is 1. The highest BCUT2D eigenvalue weighted by Crippen LogP contribution is 2.32. The molecule has 0 fully saturated rings. The summed E-state index contributed by atoms with van der Waals surface area (Å²) in [6.07, 6.45) is 3.96. The Morgan fingerprint density at radius 2 is 1.62 bits per heavy atom. The van der Waals surface area contributed by atoms with E-state index >= 15 is 0 Å². The topological polar surface area (TPSA) is 97.5 Å². The van der Waals surface area contributed by atoms with Crippen LogP contribution in [0.15, 0.2) is 95.7 Å². The summed E-state index contributed by atoms with van der Waals surface area (Å²) in [4.78, 5) is 28.3. The molecule has 0 unspecified atom stereocenters. The third kappa shape index (κ3) is 5.45. The Balaban J connectivity index is 1.55. The van der Waals surface area contributed by atoms with Crippen LogP contribution in [-0.2, 0) is 16.0 Å². The molecule has 8 heteroatoms. The number of aromatic nitrogens is 2. The molecule has 5 rings (SSSR count). The van der Waals surface area contributed by atoms with Gasteiger partial charge in [0.1, 0.15) is 11.6 Å². The molecule has 4 aromatic rings. The molecule has 2 amide bonds. The molecule has 42 heavy (non-hydrogen) atoms. The van der Waals surface area contributed by atoms with E-state index in [1.54, 1.807) is 38.0 Å². The van der Waals surface area contributed by atoms with Gasteiger partial charge in [0.05, 0.1) is 25.6 Å². The Labute approximate surface area is 244 Å². The van der Waals surface area contributed by atoms with Gasteiger partial charge < -0.3 is 9.47 Å². The average Bonchev–Trinajstić information content (AvgIpc) is 3.44. The fourth-order valence-electron chi connectivity index (χ4n) is 4.91. The van der Waals surface area contributed by atoms with Gasteiger partial charge in [-0.05, 0) is 61.7 Å². The smallest absolute Gasteiger partial charge is 0.271 e. The third-order valence-electron chi connectivity index (χ3n) is 7.29. The average molecular weight is 559 g/mol. The second-order valence-electron chi connectivity index (χ2n) is 9.95. The van der Waals surface area contributed by atoms with E-state index in [2.05, 4.69) is 0 Å². The van der Waals surface area contributed by atoms with Crippen LogP contribution in [0, 0.1) is 18.3 Å². The number of hydrogen-bond donors (Lipinski definition) is 0. The first-order valence-corrected chi connectivity index (χ1v) is 13.5. The van der Waals surface area contributed by atoms with Gasteiger partial charge >= 0.3 is 0 Å². The first-order chi connectivity index (χ1) is 20.3. The van der Waals surface area contributed by atoms with Crippen LogP contribution in [0.25, 0.3) is 23.0 Å². The summed E-state index contributed by atoms with van der Waals surface area (Å²) in [5.74, 6) is 0.0809. The summed E-state index contributed by atoms with van der Waals surface area (Å²) >= 11 is 0. The molecule has 2 heterocycles. The summed E-state index contributed by atoms with van der Waals surface area (Å²) < 4.78 is 12.5. The predicted molar refractivity (Wildman–Crippen MR) is 160 cm³/mol. The van der Waals surface area contributed by atoms with Gasteiger partial charge in [-0.25, -0.2) is 4.68 Å². The Kier molecular flexibility index (Phi) is 8.02. The summed E-state index contributed by atoms with van der Waals surface area (Å²) in [7, 11) is 3.11. The first kappa shape index (κ1) is 28.1. The highest BCUT2D eigenvalue weighted by Gasteiger charge is 2.35. The largest absolute Gasteiger partial charge is 0.493 e. The van der Waals surface area contributed by atoms with Gasteiger partial charge in [-0.15, -0.1) is 0 Å². The molecule has 1 aliphatic heterocycles. The van der Waals surface area contributed by atoms with E-state index in [-0.39, 0.29) is 17.7 Å². The van der Waals surface area contributed by atoms with Crippen LogP contribution < -0.4 is 9.47 Å². The Bertz CT molecular complexity index is 1760. The molecular weight excluding hydrogens is 528 g/mol. The number of imide groups is 1. The Hall–Kier alpha value is -5.42. The van der Waals surface area contributed by atoms with Crippen LogP contribution in [0.2, 0.25) is 0 Å². The maximum absolute atomic E-state index is 13.8. The third-order valence-corrected chi connectivity index (χ3v) is 7.29. The number of carbonyl (C=O) groups excluding carboxylic acids is 2. The van der Waals surface area contributed by atoms with Crippen LogP contribution >= 0.6 is 0 Å². The number of para-hydroxylation sites is 1. The van der Waals surface area contributed by atoms with Gasteiger partial charge in [0, 0.05) is 29.4 Å². The molecule has 0 bridgehead atoms. The number of amides is 2. The van der Waals surface area contributed by atoms with Crippen LogP contribution in [-0.4, -0.2) is 47.3 Å². The molecule has 1 aromatic heterocycles. The Morgan fingerprint density at radius 1 is 0.905 bits per heavy atom. The lowest BCUT2D eigenvalue weighted by molar-refractivity contribution is -0.140. The van der Waals surface area contributed by atoms with Crippen molar-refractivity contribution in [2.75, 3.05) is 20.8 Å².